The van der Waals surface area contributed by atoms with Gasteiger partial charge in [0.25, 0.3) is 0 Å². The molecule has 0 aliphatic heterocycles. The molecule has 0 saturated heterocycles. The van der Waals surface area contributed by atoms with Crippen molar-refractivity contribution in [2.75, 3.05) is 5.75 Å². The summed E-state index contributed by atoms with van der Waals surface area (Å²) in [6, 6.07) is 0. The van der Waals surface area contributed by atoms with Gasteiger partial charge < -0.3 is 9.90 Å². The Morgan fingerprint density at radius 1 is 1.73 bits per heavy atom. The van der Waals surface area contributed by atoms with Crippen molar-refractivity contribution in [3.63, 3.8) is 0 Å². The molecular weight excluding hydrogens is 186 g/mol. The smallest absolute Gasteiger partial charge is 0.214 e. The summed E-state index contributed by atoms with van der Waals surface area (Å²) in [4.78, 5) is 13.7. The Balaban J connectivity index is 2.51. The molecule has 1 aromatic heterocycles. The number of nitrogens with one attached hydrogen (secondary N) is 2. The van der Waals surface area contributed by atoms with Crippen molar-refractivity contribution in [3.8, 4) is 0 Å². The van der Waals surface area contributed by atoms with Crippen molar-refractivity contribution in [2.24, 2.45) is 0 Å². The summed E-state index contributed by atoms with van der Waals surface area (Å²) in [5, 5.41) is 15.6. The number of carbonyl (C=O) groups excluding carboxylic acids is 1. The highest BCUT2D eigenvalue weighted by Gasteiger charge is 1.95. The molecule has 0 saturated carbocycles. The van der Waals surface area contributed by atoms with Crippen molar-refractivity contribution < 1.29 is 9.90 Å². The molecule has 0 spiro atoms. The summed E-state index contributed by atoms with van der Waals surface area (Å²) in [5.41, 5.74) is 0. The van der Waals surface area contributed by atoms with Crippen molar-refractivity contribution in [1.29, 1.82) is 0 Å². The minimum Gasteiger partial charge on any atom is -0.549 e. The van der Waals surface area contributed by atoms with Crippen LogP contribution in [0.2, 0.25) is 0 Å². The van der Waals surface area contributed by atoms with Gasteiger partial charge in [0.2, 0.25) is 4.77 Å². The van der Waals surface area contributed by atoms with E-state index >= 15 is 0 Å². The highest BCUT2D eigenvalue weighted by molar-refractivity contribution is 7.99. The van der Waals surface area contributed by atoms with E-state index in [2.05, 4.69) is 27.4 Å². The first-order valence-corrected chi connectivity index (χ1v) is 4.05. The number of thioether (sulfide) groups is 1. The SMILES string of the molecule is O=C([O-])CSc1nc(=S)[nH][nH]1. The van der Waals surface area contributed by atoms with Gasteiger partial charge in [0.05, 0.1) is 5.97 Å². The lowest BCUT2D eigenvalue weighted by molar-refractivity contribution is -0.301. The van der Waals surface area contributed by atoms with Crippen LogP contribution in [0.3, 0.4) is 0 Å². The summed E-state index contributed by atoms with van der Waals surface area (Å²) in [6.45, 7) is 0. The number of hydrogen-bond donors (Lipinski definition) is 2. The number of rotatable bonds is 3. The van der Waals surface area contributed by atoms with Crippen LogP contribution in [-0.2, 0) is 4.79 Å². The van der Waals surface area contributed by atoms with Gasteiger partial charge in [-0.25, -0.2) is 0 Å². The molecule has 0 aliphatic rings. The van der Waals surface area contributed by atoms with Gasteiger partial charge in [-0.15, -0.1) is 0 Å². The molecule has 7 heteroatoms. The lowest BCUT2D eigenvalue weighted by Crippen LogP contribution is -2.24. The standard InChI is InChI=1S/C4H5N3O2S2/c8-2(9)1-11-4-5-3(10)6-7-4/h1H2,(H,8,9)(H2,5,6,7,10)/p-1. The molecule has 0 aliphatic carbocycles. The van der Waals surface area contributed by atoms with Crippen molar-refractivity contribution in [1.82, 2.24) is 15.2 Å². The third-order valence-corrected chi connectivity index (χ3v) is 1.85. The minimum atomic E-state index is -1.13. The molecule has 0 amide bonds. The molecule has 0 atom stereocenters. The van der Waals surface area contributed by atoms with Crippen molar-refractivity contribution >= 4 is 29.9 Å². The van der Waals surface area contributed by atoms with Crippen LogP contribution in [0.15, 0.2) is 5.16 Å². The van der Waals surface area contributed by atoms with Crippen LogP contribution in [0, 0.1) is 4.77 Å². The molecule has 60 valence electrons. The van der Waals surface area contributed by atoms with Gasteiger partial charge in [0.15, 0.2) is 5.16 Å². The van der Waals surface area contributed by atoms with E-state index in [1.54, 1.807) is 0 Å². The Hall–Kier alpha value is -0.820. The summed E-state index contributed by atoms with van der Waals surface area (Å²) >= 11 is 5.66. The molecule has 2 N–H and O–H groups in total. The first-order chi connectivity index (χ1) is 5.18. The van der Waals surface area contributed by atoms with Crippen LogP contribution in [0.1, 0.15) is 0 Å². The van der Waals surface area contributed by atoms with Gasteiger partial charge in [-0.1, -0.05) is 11.8 Å². The Morgan fingerprint density at radius 2 is 2.45 bits per heavy atom. The number of carboxylic acids is 1. The second kappa shape index (κ2) is 3.54. The molecule has 0 radical (unpaired) electrons. The Labute approximate surface area is 71.2 Å². The van der Waals surface area contributed by atoms with E-state index in [4.69, 9.17) is 0 Å². The van der Waals surface area contributed by atoms with Crippen LogP contribution in [0.5, 0.6) is 0 Å². The average molecular weight is 190 g/mol. The first kappa shape index (κ1) is 8.28. The third kappa shape index (κ3) is 2.72. The van der Waals surface area contributed by atoms with E-state index in [9.17, 15) is 9.90 Å². The van der Waals surface area contributed by atoms with Crippen LogP contribution in [-0.4, -0.2) is 26.9 Å². The lowest BCUT2D eigenvalue weighted by Gasteiger charge is -1.96. The van der Waals surface area contributed by atoms with E-state index in [-0.39, 0.29) is 5.75 Å². The summed E-state index contributed by atoms with van der Waals surface area (Å²) < 4.78 is 0.311. The van der Waals surface area contributed by atoms with Crippen LogP contribution < -0.4 is 5.11 Å². The number of aliphatic carboxylic acids is 1. The molecule has 1 aromatic rings. The van der Waals surface area contributed by atoms with Gasteiger partial charge >= 0.3 is 0 Å². The highest BCUT2D eigenvalue weighted by atomic mass is 32.2. The lowest BCUT2D eigenvalue weighted by atomic mass is 10.8. The monoisotopic (exact) mass is 190 g/mol. The summed E-state index contributed by atoms with van der Waals surface area (Å²) in [5.74, 6) is -1.26. The van der Waals surface area contributed by atoms with E-state index in [0.717, 1.165) is 11.8 Å². The number of H-pyrrole nitrogens is 2. The quantitative estimate of drug-likeness (QED) is 0.487. The largest absolute Gasteiger partial charge is 0.549 e. The fraction of sp³-hybridized carbons (Fsp3) is 0.250. The fourth-order valence-electron chi connectivity index (χ4n) is 0.451. The zero-order chi connectivity index (χ0) is 8.27. The second-order valence-corrected chi connectivity index (χ2v) is 2.98. The number of aromatic nitrogens is 3. The maximum absolute atomic E-state index is 9.97. The van der Waals surface area contributed by atoms with Crippen LogP contribution in [0.4, 0.5) is 0 Å². The topological polar surface area (TPSA) is 84.6 Å². The zero-order valence-corrected chi connectivity index (χ0v) is 6.92. The van der Waals surface area contributed by atoms with E-state index in [1.807, 2.05) is 0 Å². The molecule has 0 bridgehead atoms. The van der Waals surface area contributed by atoms with E-state index in [1.165, 1.54) is 0 Å². The number of carbonyl (C=O) groups is 1. The Bertz CT molecular complexity index is 304. The number of nitrogens with zero attached hydrogens (tertiary/aromatic N) is 1. The van der Waals surface area contributed by atoms with Crippen LogP contribution in [0.25, 0.3) is 0 Å². The number of aromatic amines is 2. The van der Waals surface area contributed by atoms with E-state index in [0.29, 0.717) is 9.93 Å². The minimum absolute atomic E-state index is 0.129. The van der Waals surface area contributed by atoms with E-state index < -0.39 is 5.97 Å². The van der Waals surface area contributed by atoms with Crippen molar-refractivity contribution in [2.45, 2.75) is 5.16 Å². The Kier molecular flexibility index (Phi) is 2.66. The normalized spacial score (nSPS) is 9.82. The van der Waals surface area contributed by atoms with Crippen molar-refractivity contribution in [3.05, 3.63) is 4.77 Å². The van der Waals surface area contributed by atoms with Gasteiger partial charge in [-0.2, -0.15) is 4.98 Å². The van der Waals surface area contributed by atoms with Gasteiger partial charge in [0.1, 0.15) is 0 Å². The molecule has 11 heavy (non-hydrogen) atoms. The first-order valence-electron chi connectivity index (χ1n) is 2.66. The summed E-state index contributed by atoms with van der Waals surface area (Å²) in [6.07, 6.45) is 0. The van der Waals surface area contributed by atoms with Gasteiger partial charge in [-0.05, 0) is 12.2 Å². The van der Waals surface area contributed by atoms with Gasteiger partial charge in [0, 0.05) is 5.75 Å². The molecule has 0 unspecified atom stereocenters. The maximum atomic E-state index is 9.97. The maximum Gasteiger partial charge on any atom is 0.214 e. The molecule has 1 heterocycles. The summed E-state index contributed by atoms with van der Waals surface area (Å²) in [7, 11) is 0. The molecule has 0 aromatic carbocycles. The highest BCUT2D eigenvalue weighted by Crippen LogP contribution is 2.09. The second-order valence-electron chi connectivity index (χ2n) is 1.63. The zero-order valence-electron chi connectivity index (χ0n) is 5.29. The molecular formula is C4H4N3O2S2-. The molecule has 5 nitrogen and oxygen atoms in total. The number of hydrogen-bond acceptors (Lipinski definition) is 5. The predicted molar refractivity (Wildman–Crippen MR) is 39.5 cm³/mol. The average Bonchev–Trinajstić information content (AvgIpc) is 2.31. The molecule has 0 fully saturated rings. The molecule has 1 rings (SSSR count). The van der Waals surface area contributed by atoms with Gasteiger partial charge in [-0.3, -0.25) is 10.2 Å². The van der Waals surface area contributed by atoms with Crippen LogP contribution >= 0.6 is 24.0 Å². The fourth-order valence-corrected chi connectivity index (χ4v) is 1.18. The third-order valence-electron chi connectivity index (χ3n) is 0.806. The predicted octanol–water partition coefficient (Wildman–Crippen LogP) is -0.691. The Morgan fingerprint density at radius 3 is 2.91 bits per heavy atom. The number of carboxylic acid groups (broad SMARTS) is 1.